The second-order valence-electron chi connectivity index (χ2n) is 3.93. The van der Waals surface area contributed by atoms with Gasteiger partial charge in [-0.05, 0) is 25.7 Å². The van der Waals surface area contributed by atoms with Crippen LogP contribution in [0.25, 0.3) is 0 Å². The fourth-order valence-corrected chi connectivity index (χ4v) is 1.57. The van der Waals surface area contributed by atoms with Crippen LogP contribution in [-0.2, 0) is 9.53 Å². The molecule has 1 saturated heterocycles. The van der Waals surface area contributed by atoms with Crippen molar-refractivity contribution in [1.82, 2.24) is 5.32 Å². The first-order valence-corrected chi connectivity index (χ1v) is 5.38. The van der Waals surface area contributed by atoms with Crippen molar-refractivity contribution in [1.29, 1.82) is 0 Å². The van der Waals surface area contributed by atoms with Gasteiger partial charge in [0.15, 0.2) is 0 Å². The predicted octanol–water partition coefficient (Wildman–Crippen LogP) is 1.03. The molecule has 1 atom stereocenters. The van der Waals surface area contributed by atoms with Crippen molar-refractivity contribution in [3.8, 4) is 0 Å². The van der Waals surface area contributed by atoms with Gasteiger partial charge in [0.25, 0.3) is 0 Å². The van der Waals surface area contributed by atoms with Crippen LogP contribution in [0.1, 0.15) is 19.8 Å². The van der Waals surface area contributed by atoms with E-state index in [4.69, 9.17) is 9.84 Å². The summed E-state index contributed by atoms with van der Waals surface area (Å²) < 4.78 is 5.35. The third-order valence-corrected chi connectivity index (χ3v) is 2.58. The van der Waals surface area contributed by atoms with Gasteiger partial charge in [-0.25, -0.2) is 4.79 Å². The summed E-state index contributed by atoms with van der Waals surface area (Å²) in [4.78, 5) is 10.5. The Bertz CT molecular complexity index is 232. The maximum absolute atomic E-state index is 10.5. The van der Waals surface area contributed by atoms with Crippen molar-refractivity contribution in [2.24, 2.45) is 5.92 Å². The van der Waals surface area contributed by atoms with E-state index in [9.17, 15) is 4.79 Å². The minimum Gasteiger partial charge on any atom is -0.478 e. The standard InChI is InChI=1S/C11H19NO3/c1-9(11(13)14)4-5-12-7-10-3-2-6-15-8-10/h4,10,12H,2-3,5-8H2,1H3,(H,13,14). The molecule has 15 heavy (non-hydrogen) atoms. The monoisotopic (exact) mass is 213 g/mol. The Morgan fingerprint density at radius 1 is 1.67 bits per heavy atom. The van der Waals surface area contributed by atoms with E-state index >= 15 is 0 Å². The SMILES string of the molecule is CC(=CCNCC1CCCOC1)C(=O)O. The van der Waals surface area contributed by atoms with Gasteiger partial charge < -0.3 is 15.2 Å². The van der Waals surface area contributed by atoms with Crippen LogP contribution in [-0.4, -0.2) is 37.4 Å². The minimum atomic E-state index is -0.849. The molecule has 1 unspecified atom stereocenters. The lowest BCUT2D eigenvalue weighted by atomic mass is 10.0. The average molecular weight is 213 g/mol. The van der Waals surface area contributed by atoms with Gasteiger partial charge >= 0.3 is 5.97 Å². The fraction of sp³-hybridized carbons (Fsp3) is 0.727. The molecule has 0 aromatic heterocycles. The fourth-order valence-electron chi connectivity index (χ4n) is 1.57. The molecule has 1 aliphatic rings. The summed E-state index contributed by atoms with van der Waals surface area (Å²) in [5, 5.41) is 11.8. The molecule has 1 fully saturated rings. The first-order valence-electron chi connectivity index (χ1n) is 5.38. The number of ether oxygens (including phenoxy) is 1. The largest absolute Gasteiger partial charge is 0.478 e. The molecule has 0 saturated carbocycles. The summed E-state index contributed by atoms with van der Waals surface area (Å²) in [7, 11) is 0. The lowest BCUT2D eigenvalue weighted by Crippen LogP contribution is -2.29. The maximum Gasteiger partial charge on any atom is 0.330 e. The van der Waals surface area contributed by atoms with Crippen molar-refractivity contribution in [2.45, 2.75) is 19.8 Å². The zero-order valence-electron chi connectivity index (χ0n) is 9.16. The van der Waals surface area contributed by atoms with Crippen LogP contribution in [0.5, 0.6) is 0 Å². The van der Waals surface area contributed by atoms with E-state index in [0.717, 1.165) is 26.2 Å². The van der Waals surface area contributed by atoms with Gasteiger partial charge in [-0.1, -0.05) is 6.08 Å². The minimum absolute atomic E-state index is 0.391. The van der Waals surface area contributed by atoms with E-state index in [1.165, 1.54) is 6.42 Å². The zero-order chi connectivity index (χ0) is 11.1. The number of rotatable bonds is 5. The molecular weight excluding hydrogens is 194 g/mol. The van der Waals surface area contributed by atoms with E-state index < -0.39 is 5.97 Å². The van der Waals surface area contributed by atoms with Crippen LogP contribution in [0.15, 0.2) is 11.6 Å². The van der Waals surface area contributed by atoms with Crippen LogP contribution < -0.4 is 5.32 Å². The number of carboxylic acids is 1. The summed E-state index contributed by atoms with van der Waals surface area (Å²) in [6.45, 7) is 4.84. The second-order valence-corrected chi connectivity index (χ2v) is 3.93. The van der Waals surface area contributed by atoms with Crippen molar-refractivity contribution >= 4 is 5.97 Å². The molecule has 4 heteroatoms. The summed E-state index contributed by atoms with van der Waals surface area (Å²) in [6, 6.07) is 0. The second kappa shape index (κ2) is 6.58. The van der Waals surface area contributed by atoms with Crippen LogP contribution >= 0.6 is 0 Å². The smallest absolute Gasteiger partial charge is 0.330 e. The Balaban J connectivity index is 2.10. The van der Waals surface area contributed by atoms with E-state index in [0.29, 0.717) is 18.0 Å². The van der Waals surface area contributed by atoms with E-state index in [-0.39, 0.29) is 0 Å². The topological polar surface area (TPSA) is 58.6 Å². The summed E-state index contributed by atoms with van der Waals surface area (Å²) in [6.07, 6.45) is 4.04. The number of aliphatic carboxylic acids is 1. The molecule has 4 nitrogen and oxygen atoms in total. The van der Waals surface area contributed by atoms with Crippen molar-refractivity contribution in [2.75, 3.05) is 26.3 Å². The molecule has 1 aliphatic heterocycles. The predicted molar refractivity (Wildman–Crippen MR) is 57.8 cm³/mol. The molecule has 1 heterocycles. The molecule has 86 valence electrons. The van der Waals surface area contributed by atoms with E-state index in [1.54, 1.807) is 13.0 Å². The van der Waals surface area contributed by atoms with Gasteiger partial charge in [0.05, 0.1) is 6.61 Å². The van der Waals surface area contributed by atoms with Crippen LogP contribution in [0.2, 0.25) is 0 Å². The molecule has 0 radical (unpaired) electrons. The molecule has 0 bridgehead atoms. The summed E-state index contributed by atoms with van der Waals surface area (Å²) >= 11 is 0. The number of nitrogens with one attached hydrogen (secondary N) is 1. The zero-order valence-corrected chi connectivity index (χ0v) is 9.16. The Labute approximate surface area is 90.3 Å². The molecule has 0 spiro atoms. The number of hydrogen-bond donors (Lipinski definition) is 2. The lowest BCUT2D eigenvalue weighted by molar-refractivity contribution is -0.132. The van der Waals surface area contributed by atoms with Crippen molar-refractivity contribution in [3.63, 3.8) is 0 Å². The Kier molecular flexibility index (Phi) is 5.36. The molecule has 0 amide bonds. The number of hydrogen-bond acceptors (Lipinski definition) is 3. The third kappa shape index (κ3) is 4.95. The van der Waals surface area contributed by atoms with Gasteiger partial charge in [0, 0.05) is 25.3 Å². The van der Waals surface area contributed by atoms with Gasteiger partial charge in [-0.2, -0.15) is 0 Å². The summed E-state index contributed by atoms with van der Waals surface area (Å²) in [5.41, 5.74) is 0.391. The lowest BCUT2D eigenvalue weighted by Gasteiger charge is -2.21. The molecular formula is C11H19NO3. The highest BCUT2D eigenvalue weighted by atomic mass is 16.5. The molecule has 1 rings (SSSR count). The van der Waals surface area contributed by atoms with E-state index in [1.807, 2.05) is 0 Å². The maximum atomic E-state index is 10.5. The number of carbonyl (C=O) groups is 1. The van der Waals surface area contributed by atoms with Gasteiger partial charge in [0.1, 0.15) is 0 Å². The normalized spacial score (nSPS) is 22.7. The molecule has 0 aromatic rings. The van der Waals surface area contributed by atoms with Crippen LogP contribution in [0.4, 0.5) is 0 Å². The van der Waals surface area contributed by atoms with Gasteiger partial charge in [-0.3, -0.25) is 0 Å². The van der Waals surface area contributed by atoms with Crippen LogP contribution in [0, 0.1) is 5.92 Å². The Morgan fingerprint density at radius 2 is 2.47 bits per heavy atom. The molecule has 0 aliphatic carbocycles. The van der Waals surface area contributed by atoms with Gasteiger partial charge in [-0.15, -0.1) is 0 Å². The van der Waals surface area contributed by atoms with Crippen LogP contribution in [0.3, 0.4) is 0 Å². The number of carboxylic acid groups (broad SMARTS) is 1. The highest BCUT2D eigenvalue weighted by molar-refractivity contribution is 5.85. The van der Waals surface area contributed by atoms with Crippen molar-refractivity contribution in [3.05, 3.63) is 11.6 Å². The first-order chi connectivity index (χ1) is 7.20. The first kappa shape index (κ1) is 12.2. The summed E-state index contributed by atoms with van der Waals surface area (Å²) in [5.74, 6) is -0.268. The quantitative estimate of drug-likeness (QED) is 0.529. The third-order valence-electron chi connectivity index (χ3n) is 2.58. The highest BCUT2D eigenvalue weighted by Crippen LogP contribution is 2.11. The van der Waals surface area contributed by atoms with E-state index in [2.05, 4.69) is 5.32 Å². The Hall–Kier alpha value is -0.870. The molecule has 0 aromatic carbocycles. The Morgan fingerprint density at radius 3 is 3.07 bits per heavy atom. The average Bonchev–Trinajstić information content (AvgIpc) is 2.25. The van der Waals surface area contributed by atoms with Gasteiger partial charge in [0.2, 0.25) is 0 Å². The van der Waals surface area contributed by atoms with Crippen molar-refractivity contribution < 1.29 is 14.6 Å². The highest BCUT2D eigenvalue weighted by Gasteiger charge is 2.12. The molecule has 2 N–H and O–H groups in total.